The van der Waals surface area contributed by atoms with E-state index in [1.54, 1.807) is 0 Å². The zero-order chi connectivity index (χ0) is 13.1. The first-order valence-corrected chi connectivity index (χ1v) is 5.07. The lowest BCUT2D eigenvalue weighted by atomic mass is 10.3. The van der Waals surface area contributed by atoms with Gasteiger partial charge in [0.25, 0.3) is 0 Å². The number of hydrogen-bond acceptors (Lipinski definition) is 6. The fraction of sp³-hybridized carbons (Fsp3) is 0. The van der Waals surface area contributed by atoms with Crippen LogP contribution >= 0.6 is 11.6 Å². The Hall–Kier alpha value is -2.41. The van der Waals surface area contributed by atoms with Crippen LogP contribution < -0.4 is 4.74 Å². The smallest absolute Gasteiger partial charge is 0.321 e. The summed E-state index contributed by atoms with van der Waals surface area (Å²) in [4.78, 5) is 17.4. The lowest BCUT2D eigenvalue weighted by Gasteiger charge is -2.03. The normalized spacial score (nSPS) is 10.1. The predicted molar refractivity (Wildman–Crippen MR) is 61.9 cm³/mol. The second-order valence-corrected chi connectivity index (χ2v) is 3.63. The third-order valence-corrected chi connectivity index (χ3v) is 2.14. The molecule has 0 atom stereocenters. The highest BCUT2D eigenvalue weighted by Gasteiger charge is 2.14. The number of benzene rings is 1. The molecule has 1 N–H and O–H groups in total. The number of nitrogens with zero attached hydrogens (tertiary/aromatic N) is 3. The molecule has 0 saturated heterocycles. The van der Waals surface area contributed by atoms with E-state index in [0.717, 1.165) is 12.1 Å². The second-order valence-electron chi connectivity index (χ2n) is 3.19. The van der Waals surface area contributed by atoms with Crippen LogP contribution in [0, 0.1) is 10.1 Å². The fourth-order valence-corrected chi connectivity index (χ4v) is 1.27. The van der Waals surface area contributed by atoms with Crippen molar-refractivity contribution in [1.29, 1.82) is 0 Å². The second kappa shape index (κ2) is 4.84. The molecule has 1 aromatic carbocycles. The van der Waals surface area contributed by atoms with Crippen LogP contribution in [0.25, 0.3) is 0 Å². The number of halogens is 1. The highest BCUT2D eigenvalue weighted by Crippen LogP contribution is 2.31. The van der Waals surface area contributed by atoms with Gasteiger partial charge < -0.3 is 9.84 Å². The summed E-state index contributed by atoms with van der Waals surface area (Å²) in [6.45, 7) is 0. The van der Waals surface area contributed by atoms with Gasteiger partial charge in [-0.05, 0) is 12.1 Å². The predicted octanol–water partition coefficient (Wildman–Crippen LogP) is 2.54. The molecule has 92 valence electrons. The molecule has 0 aliphatic carbocycles. The molecule has 18 heavy (non-hydrogen) atoms. The summed E-state index contributed by atoms with van der Waals surface area (Å²) in [6, 6.07) is 3.59. The topological polar surface area (TPSA) is 98.4 Å². The monoisotopic (exact) mass is 267 g/mol. The summed E-state index contributed by atoms with van der Waals surface area (Å²) in [5.41, 5.74) is -0.457. The molecule has 1 aromatic heterocycles. The van der Waals surface area contributed by atoms with Crippen molar-refractivity contribution < 1.29 is 14.8 Å². The van der Waals surface area contributed by atoms with Crippen LogP contribution in [0.1, 0.15) is 0 Å². The van der Waals surface area contributed by atoms with Gasteiger partial charge in [-0.25, -0.2) is 9.97 Å². The Morgan fingerprint density at radius 3 is 2.61 bits per heavy atom. The van der Waals surface area contributed by atoms with Crippen molar-refractivity contribution in [3.63, 3.8) is 0 Å². The van der Waals surface area contributed by atoms with Crippen molar-refractivity contribution in [3.05, 3.63) is 45.7 Å². The molecule has 2 aromatic rings. The molecule has 0 saturated carbocycles. The maximum atomic E-state index is 10.6. The number of phenolic OH excluding ortho intramolecular Hbond substituents is 1. The van der Waals surface area contributed by atoms with Gasteiger partial charge in [-0.15, -0.1) is 0 Å². The van der Waals surface area contributed by atoms with E-state index < -0.39 is 16.4 Å². The van der Waals surface area contributed by atoms with E-state index in [-0.39, 0.29) is 11.8 Å². The average molecular weight is 268 g/mol. The third kappa shape index (κ3) is 2.64. The number of phenols is 1. The van der Waals surface area contributed by atoms with Crippen molar-refractivity contribution in [2.24, 2.45) is 0 Å². The number of aromatic hydroxyl groups is 1. The molecule has 1 heterocycles. The largest absolute Gasteiger partial charge is 0.502 e. The van der Waals surface area contributed by atoms with Crippen molar-refractivity contribution in [2.75, 3.05) is 0 Å². The molecular weight excluding hydrogens is 262 g/mol. The highest BCUT2D eigenvalue weighted by molar-refractivity contribution is 6.30. The Kier molecular flexibility index (Phi) is 3.24. The van der Waals surface area contributed by atoms with Gasteiger partial charge >= 0.3 is 11.7 Å². The zero-order valence-corrected chi connectivity index (χ0v) is 9.53. The molecule has 0 aliphatic heterocycles. The van der Waals surface area contributed by atoms with Crippen LogP contribution in [-0.2, 0) is 0 Å². The minimum atomic E-state index is -0.717. The van der Waals surface area contributed by atoms with Crippen LogP contribution in [0.4, 0.5) is 5.69 Å². The van der Waals surface area contributed by atoms with Gasteiger partial charge in [0.2, 0.25) is 0 Å². The molecule has 0 unspecified atom stereocenters. The molecule has 0 aliphatic rings. The first-order chi connectivity index (χ1) is 8.56. The number of nitro groups is 1. The van der Waals surface area contributed by atoms with Gasteiger partial charge in [0.1, 0.15) is 5.75 Å². The average Bonchev–Trinajstić information content (AvgIpc) is 2.34. The number of hydrogen-bond donors (Lipinski definition) is 1. The van der Waals surface area contributed by atoms with Crippen LogP contribution in [0.2, 0.25) is 5.02 Å². The molecule has 7 nitrogen and oxygen atoms in total. The Balaban J connectivity index is 2.27. The first kappa shape index (κ1) is 12.1. The Morgan fingerprint density at radius 1 is 1.33 bits per heavy atom. The molecule has 0 bridgehead atoms. The fourth-order valence-electron chi connectivity index (χ4n) is 1.17. The number of aromatic nitrogens is 2. The lowest BCUT2D eigenvalue weighted by Crippen LogP contribution is -1.93. The summed E-state index contributed by atoms with van der Waals surface area (Å²) in [5, 5.41) is 20.2. The SMILES string of the molecule is O=[N+]([O-])c1cc(Oc2ncc(Cl)cn2)ccc1O. The highest BCUT2D eigenvalue weighted by atomic mass is 35.5. The Bertz CT molecular complexity index is 588. The summed E-state index contributed by atoms with van der Waals surface area (Å²) >= 11 is 5.60. The molecule has 0 amide bonds. The molecular formula is C10H6ClN3O4. The Morgan fingerprint density at radius 2 is 2.00 bits per heavy atom. The van der Waals surface area contributed by atoms with Gasteiger partial charge in [-0.2, -0.15) is 0 Å². The van der Waals surface area contributed by atoms with Gasteiger partial charge in [0.05, 0.1) is 28.4 Å². The minimum absolute atomic E-state index is 0.000567. The summed E-state index contributed by atoms with van der Waals surface area (Å²) in [7, 11) is 0. The molecule has 0 fully saturated rings. The van der Waals surface area contributed by atoms with E-state index in [0.29, 0.717) is 5.02 Å². The summed E-state index contributed by atoms with van der Waals surface area (Å²) in [5.74, 6) is -0.300. The number of ether oxygens (including phenoxy) is 1. The maximum absolute atomic E-state index is 10.6. The van der Waals surface area contributed by atoms with Crippen LogP contribution in [0.5, 0.6) is 17.5 Å². The van der Waals surface area contributed by atoms with Gasteiger partial charge in [-0.3, -0.25) is 10.1 Å². The van der Waals surface area contributed by atoms with Crippen molar-refractivity contribution >= 4 is 17.3 Å². The molecule has 0 spiro atoms. The first-order valence-electron chi connectivity index (χ1n) is 4.69. The van der Waals surface area contributed by atoms with E-state index >= 15 is 0 Å². The molecule has 0 radical (unpaired) electrons. The van der Waals surface area contributed by atoms with Gasteiger partial charge in [0, 0.05) is 0 Å². The zero-order valence-electron chi connectivity index (χ0n) is 8.78. The van der Waals surface area contributed by atoms with Gasteiger partial charge in [0.15, 0.2) is 5.75 Å². The van der Waals surface area contributed by atoms with Gasteiger partial charge in [-0.1, -0.05) is 11.6 Å². The van der Waals surface area contributed by atoms with E-state index in [4.69, 9.17) is 16.3 Å². The van der Waals surface area contributed by atoms with Crippen molar-refractivity contribution in [2.45, 2.75) is 0 Å². The Labute approximate surface area is 106 Å². The standard InChI is InChI=1S/C10H6ClN3O4/c11-6-4-12-10(13-5-6)18-7-1-2-9(15)8(3-7)14(16)17/h1-5,15H. The summed E-state index contributed by atoms with van der Waals surface area (Å²) in [6.07, 6.45) is 2.66. The van der Waals surface area contributed by atoms with Crippen LogP contribution in [0.3, 0.4) is 0 Å². The lowest BCUT2D eigenvalue weighted by molar-refractivity contribution is -0.385. The van der Waals surface area contributed by atoms with E-state index in [1.807, 2.05) is 0 Å². The van der Waals surface area contributed by atoms with Crippen LogP contribution in [0.15, 0.2) is 30.6 Å². The molecule has 2 rings (SSSR count). The van der Waals surface area contributed by atoms with E-state index in [2.05, 4.69) is 9.97 Å². The number of nitro benzene ring substituents is 1. The minimum Gasteiger partial charge on any atom is -0.502 e. The van der Waals surface area contributed by atoms with Crippen molar-refractivity contribution in [1.82, 2.24) is 9.97 Å². The third-order valence-electron chi connectivity index (χ3n) is 1.95. The summed E-state index contributed by atoms with van der Waals surface area (Å²) < 4.78 is 5.18. The van der Waals surface area contributed by atoms with E-state index in [1.165, 1.54) is 18.5 Å². The van der Waals surface area contributed by atoms with Crippen molar-refractivity contribution in [3.8, 4) is 17.5 Å². The number of rotatable bonds is 3. The molecule has 8 heteroatoms. The van der Waals surface area contributed by atoms with Crippen LogP contribution in [-0.4, -0.2) is 20.0 Å². The quantitative estimate of drug-likeness (QED) is 0.678. The van der Waals surface area contributed by atoms with E-state index in [9.17, 15) is 15.2 Å². The maximum Gasteiger partial charge on any atom is 0.321 e.